The summed E-state index contributed by atoms with van der Waals surface area (Å²) in [5.41, 5.74) is 23.1. The summed E-state index contributed by atoms with van der Waals surface area (Å²) in [6.45, 7) is 28.9. The highest BCUT2D eigenvalue weighted by molar-refractivity contribution is 7.33. The zero-order valence-corrected chi connectivity index (χ0v) is 47.1. The molecule has 1 aromatic heterocycles. The highest BCUT2D eigenvalue weighted by Gasteiger charge is 2.48. The van der Waals surface area contributed by atoms with E-state index in [9.17, 15) is 0 Å². The zero-order valence-electron chi connectivity index (χ0n) is 46.3. The number of fused-ring (bicyclic) bond motifs is 7. The fourth-order valence-electron chi connectivity index (χ4n) is 12.8. The molecule has 0 saturated heterocycles. The largest absolute Gasteiger partial charge is 0.311 e. The lowest BCUT2D eigenvalue weighted by Gasteiger charge is -2.46. The van der Waals surface area contributed by atoms with Crippen molar-refractivity contribution in [2.24, 2.45) is 0 Å². The average molecular weight is 998 g/mol. The molecule has 0 bridgehead atoms. The van der Waals surface area contributed by atoms with Crippen LogP contribution in [0.3, 0.4) is 0 Å². The SMILES string of the molecule is CCC(C)(C)c1cc2c(cc1C(C)C)N(c1ccc3c(c1)C(C)(C)CCC3(C)C)c1cc(N(c3ccccc3)c3ccccc3)cc3c1B2c1sc2ccccc2c1N3c1ccc(C(C)(C)C)cc1-c1ccccc1. The van der Waals surface area contributed by atoms with Gasteiger partial charge in [0.25, 0.3) is 6.71 Å². The van der Waals surface area contributed by atoms with Crippen LogP contribution in [0, 0.1) is 0 Å². The monoisotopic (exact) mass is 998 g/mol. The van der Waals surface area contributed by atoms with Crippen LogP contribution >= 0.6 is 11.3 Å². The van der Waals surface area contributed by atoms with Crippen LogP contribution in [0.2, 0.25) is 0 Å². The predicted octanol–water partition coefficient (Wildman–Crippen LogP) is 18.6. The summed E-state index contributed by atoms with van der Waals surface area (Å²) in [6, 6.07) is 67.5. The van der Waals surface area contributed by atoms with Crippen LogP contribution in [-0.2, 0) is 21.7 Å². The van der Waals surface area contributed by atoms with Crippen molar-refractivity contribution in [3.05, 3.63) is 204 Å². The lowest BCUT2D eigenvalue weighted by molar-refractivity contribution is 0.332. The van der Waals surface area contributed by atoms with E-state index in [2.05, 4.69) is 274 Å². The van der Waals surface area contributed by atoms with Gasteiger partial charge in [-0.15, -0.1) is 11.3 Å². The first-order valence-corrected chi connectivity index (χ1v) is 28.4. The van der Waals surface area contributed by atoms with E-state index in [1.54, 1.807) is 0 Å². The molecule has 1 aliphatic carbocycles. The molecule has 0 radical (unpaired) electrons. The van der Waals surface area contributed by atoms with Crippen LogP contribution in [-0.4, -0.2) is 6.71 Å². The Hall–Kier alpha value is -6.82. The van der Waals surface area contributed by atoms with Gasteiger partial charge in [0.2, 0.25) is 0 Å². The molecule has 3 heterocycles. The third-order valence-electron chi connectivity index (χ3n) is 17.5. The first-order chi connectivity index (χ1) is 35.9. The maximum Gasteiger partial charge on any atom is 0.264 e. The molecule has 0 unspecified atom stereocenters. The summed E-state index contributed by atoms with van der Waals surface area (Å²) in [4.78, 5) is 7.87. The quantitative estimate of drug-likeness (QED) is 0.133. The predicted molar refractivity (Wildman–Crippen MR) is 327 cm³/mol. The summed E-state index contributed by atoms with van der Waals surface area (Å²) in [6.07, 6.45) is 3.37. The number of rotatable bonds is 9. The van der Waals surface area contributed by atoms with Crippen molar-refractivity contribution in [1.82, 2.24) is 0 Å². The molecule has 0 amide bonds. The molecule has 2 aliphatic heterocycles. The van der Waals surface area contributed by atoms with Crippen LogP contribution < -0.4 is 30.4 Å². The second kappa shape index (κ2) is 17.9. The number of thiophene rings is 1. The second-order valence-electron chi connectivity index (χ2n) is 25.1. The Labute approximate surface area is 452 Å². The molecule has 376 valence electrons. The Morgan fingerprint density at radius 1 is 0.587 bits per heavy atom. The highest BCUT2D eigenvalue weighted by atomic mass is 32.1. The number of nitrogens with zero attached hydrogens (tertiary/aromatic N) is 3. The molecular formula is C70H72BN3S. The van der Waals surface area contributed by atoms with E-state index in [0.717, 1.165) is 29.9 Å². The molecule has 5 heteroatoms. The summed E-state index contributed by atoms with van der Waals surface area (Å²) in [5.74, 6) is 0.324. The Balaban J connectivity index is 1.27. The maximum absolute atomic E-state index is 2.70. The summed E-state index contributed by atoms with van der Waals surface area (Å²) in [5, 5.41) is 1.29. The number of benzene rings is 8. The number of para-hydroxylation sites is 2. The minimum atomic E-state index is -0.0536. The Bertz CT molecular complexity index is 3610. The molecule has 3 aliphatic rings. The van der Waals surface area contributed by atoms with Crippen molar-refractivity contribution in [2.75, 3.05) is 14.7 Å². The van der Waals surface area contributed by atoms with Gasteiger partial charge in [0.1, 0.15) is 0 Å². The van der Waals surface area contributed by atoms with Crippen LogP contribution in [0.15, 0.2) is 176 Å². The fraction of sp³-hybridized carbons (Fsp3) is 0.286. The molecule has 0 atom stereocenters. The third kappa shape index (κ3) is 8.06. The van der Waals surface area contributed by atoms with E-state index in [0.29, 0.717) is 5.92 Å². The van der Waals surface area contributed by atoms with Gasteiger partial charge in [-0.05, 0) is 164 Å². The van der Waals surface area contributed by atoms with Crippen molar-refractivity contribution < 1.29 is 0 Å². The van der Waals surface area contributed by atoms with Crippen LogP contribution in [0.1, 0.15) is 136 Å². The topological polar surface area (TPSA) is 9.72 Å². The number of hydrogen-bond acceptors (Lipinski definition) is 4. The van der Waals surface area contributed by atoms with Gasteiger partial charge in [-0.2, -0.15) is 0 Å². The highest BCUT2D eigenvalue weighted by Crippen LogP contribution is 2.55. The van der Waals surface area contributed by atoms with Crippen molar-refractivity contribution in [2.45, 2.75) is 130 Å². The standard InChI is InChI=1S/C70H72BN3S/c1-13-68(7,8)56-44-58-60(43-53(56)45(2)3)73(50-34-35-55-57(40-50)70(11,12)38-37-69(55,9)10)61-41-51(72(48-27-19-15-20-28-48)49-29-21-16-22-30-49)42-62-64(61)71(58)66-65(52-31-23-24-32-63(52)75-66)74(62)59-36-33-47(67(4,5)6)39-54(59)46-25-17-14-18-26-46/h14-36,39-45H,13,37-38H2,1-12H3. The first-order valence-electron chi connectivity index (χ1n) is 27.6. The van der Waals surface area contributed by atoms with E-state index in [4.69, 9.17) is 0 Å². The molecule has 0 N–H and O–H groups in total. The fourth-order valence-corrected chi connectivity index (χ4v) is 14.1. The average Bonchev–Trinajstić information content (AvgIpc) is 3.84. The molecule has 75 heavy (non-hydrogen) atoms. The molecule has 0 fully saturated rings. The molecular weight excluding hydrogens is 926 g/mol. The lowest BCUT2D eigenvalue weighted by Crippen LogP contribution is -2.60. The molecule has 12 rings (SSSR count). The second-order valence-corrected chi connectivity index (χ2v) is 26.1. The molecule has 9 aromatic rings. The summed E-state index contributed by atoms with van der Waals surface area (Å²) >= 11 is 1.99. The Morgan fingerprint density at radius 3 is 1.81 bits per heavy atom. The van der Waals surface area contributed by atoms with Gasteiger partial charge < -0.3 is 14.7 Å². The van der Waals surface area contributed by atoms with Crippen molar-refractivity contribution in [3.8, 4) is 11.1 Å². The van der Waals surface area contributed by atoms with Crippen molar-refractivity contribution in [1.29, 1.82) is 0 Å². The van der Waals surface area contributed by atoms with Crippen LogP contribution in [0.25, 0.3) is 21.2 Å². The van der Waals surface area contributed by atoms with Gasteiger partial charge in [0, 0.05) is 54.6 Å². The molecule has 0 saturated carbocycles. The first kappa shape index (κ1) is 49.1. The maximum atomic E-state index is 2.70. The molecule has 0 spiro atoms. The van der Waals surface area contributed by atoms with E-state index < -0.39 is 0 Å². The van der Waals surface area contributed by atoms with E-state index >= 15 is 0 Å². The number of hydrogen-bond donors (Lipinski definition) is 0. The van der Waals surface area contributed by atoms with Gasteiger partial charge in [-0.25, -0.2) is 0 Å². The summed E-state index contributed by atoms with van der Waals surface area (Å²) < 4.78 is 2.70. The zero-order chi connectivity index (χ0) is 52.3. The summed E-state index contributed by atoms with van der Waals surface area (Å²) in [7, 11) is 0. The van der Waals surface area contributed by atoms with E-state index in [1.807, 2.05) is 11.3 Å². The van der Waals surface area contributed by atoms with Gasteiger partial charge in [0.15, 0.2) is 0 Å². The van der Waals surface area contributed by atoms with Gasteiger partial charge in [0.05, 0.1) is 17.1 Å². The molecule has 8 aromatic carbocycles. The third-order valence-corrected chi connectivity index (χ3v) is 18.8. The van der Waals surface area contributed by atoms with Crippen molar-refractivity contribution in [3.63, 3.8) is 0 Å². The smallest absolute Gasteiger partial charge is 0.264 e. The van der Waals surface area contributed by atoms with E-state index in [1.165, 1.54) is 105 Å². The van der Waals surface area contributed by atoms with E-state index in [-0.39, 0.29) is 28.4 Å². The lowest BCUT2D eigenvalue weighted by atomic mass is 9.36. The Kier molecular flexibility index (Phi) is 11.7. The minimum absolute atomic E-state index is 0.0225. The Morgan fingerprint density at radius 2 is 1.19 bits per heavy atom. The van der Waals surface area contributed by atoms with Gasteiger partial charge >= 0.3 is 0 Å². The normalized spacial score (nSPS) is 15.4. The van der Waals surface area contributed by atoms with Gasteiger partial charge in [-0.3, -0.25) is 0 Å². The number of anilines is 9. The van der Waals surface area contributed by atoms with Crippen molar-refractivity contribution >= 4 is 95.0 Å². The van der Waals surface area contributed by atoms with Crippen LogP contribution in [0.4, 0.5) is 51.2 Å². The minimum Gasteiger partial charge on any atom is -0.311 e. The van der Waals surface area contributed by atoms with Gasteiger partial charge in [-0.1, -0.05) is 186 Å². The molecule has 3 nitrogen and oxygen atoms in total. The van der Waals surface area contributed by atoms with Crippen LogP contribution in [0.5, 0.6) is 0 Å².